The monoisotopic (exact) mass is 368 g/mol. The molecule has 0 spiro atoms. The van der Waals surface area contributed by atoms with Crippen molar-refractivity contribution in [3.63, 3.8) is 0 Å². The lowest BCUT2D eigenvalue weighted by atomic mass is 10.2. The molecule has 0 amide bonds. The van der Waals surface area contributed by atoms with Gasteiger partial charge in [0.15, 0.2) is 11.5 Å². The molecule has 0 bridgehead atoms. The molecule has 0 aliphatic rings. The Balaban J connectivity index is 2.14. The Kier molecular flexibility index (Phi) is 5.59. The number of rotatable bonds is 7. The fraction of sp³-hybridized carbons (Fsp3) is 0.308. The van der Waals surface area contributed by atoms with Crippen LogP contribution in [-0.4, -0.2) is 34.8 Å². The highest BCUT2D eigenvalue weighted by atomic mass is 79.9. The molecule has 0 unspecified atom stereocenters. The van der Waals surface area contributed by atoms with Crippen molar-refractivity contribution in [2.45, 2.75) is 13.3 Å². The van der Waals surface area contributed by atoms with Crippen molar-refractivity contribution in [1.29, 1.82) is 0 Å². The van der Waals surface area contributed by atoms with E-state index in [1.807, 2.05) is 19.1 Å². The molecule has 1 aromatic carbocycles. The molecule has 0 saturated heterocycles. The summed E-state index contributed by atoms with van der Waals surface area (Å²) in [5.41, 5.74) is 3.52. The summed E-state index contributed by atoms with van der Waals surface area (Å²) in [5, 5.41) is 11.4. The van der Waals surface area contributed by atoms with Crippen LogP contribution in [0.1, 0.15) is 18.9 Å². The molecule has 0 radical (unpaired) electrons. The largest absolute Gasteiger partial charge is 0.493 e. The Bertz CT molecular complexity index is 658. The molecule has 0 aliphatic carbocycles. The molecule has 0 fully saturated rings. The first-order chi connectivity index (χ1) is 10.7. The van der Waals surface area contributed by atoms with E-state index in [-0.39, 0.29) is 0 Å². The maximum absolute atomic E-state index is 5.67. The fourth-order valence-corrected chi connectivity index (χ4v) is 2.22. The van der Waals surface area contributed by atoms with Crippen molar-refractivity contribution >= 4 is 28.1 Å². The summed E-state index contributed by atoms with van der Waals surface area (Å²) in [6.07, 6.45) is 3.91. The predicted molar refractivity (Wildman–Crippen MR) is 87.9 cm³/mol. The van der Waals surface area contributed by atoms with Gasteiger partial charge in [-0.2, -0.15) is 5.10 Å². The van der Waals surface area contributed by atoms with Crippen LogP contribution in [0, 0.1) is 0 Å². The minimum atomic E-state index is 0.338. The number of halogens is 1. The highest BCUT2D eigenvalue weighted by Gasteiger charge is 2.10. The molecule has 3 N–H and O–H groups in total. The summed E-state index contributed by atoms with van der Waals surface area (Å²) in [6, 6.07) is 3.71. The molecule has 2 rings (SSSR count). The maximum Gasteiger partial charge on any atom is 0.263 e. The first-order valence-electron chi connectivity index (χ1n) is 6.60. The van der Waals surface area contributed by atoms with Crippen LogP contribution in [-0.2, 0) is 0 Å². The second-order valence-corrected chi connectivity index (χ2v) is 5.17. The molecular formula is C13H17BrN6O2. The van der Waals surface area contributed by atoms with Crippen molar-refractivity contribution in [2.75, 3.05) is 25.0 Å². The van der Waals surface area contributed by atoms with Crippen molar-refractivity contribution < 1.29 is 9.47 Å². The second-order valence-electron chi connectivity index (χ2n) is 4.31. The van der Waals surface area contributed by atoms with E-state index in [9.17, 15) is 0 Å². The maximum atomic E-state index is 5.67. The number of aromatic nitrogens is 3. The topological polar surface area (TPSA) is 99.6 Å². The SMILES string of the molecule is CCCOc1c(Br)cc(/C=N/Nc2nncn2N)cc1OC. The van der Waals surface area contributed by atoms with Gasteiger partial charge in [0.05, 0.1) is 24.4 Å². The third kappa shape index (κ3) is 3.88. The molecule has 9 heteroatoms. The normalized spacial score (nSPS) is 10.9. The zero-order chi connectivity index (χ0) is 15.9. The standard InChI is InChI=1S/C13H17BrN6O2/c1-3-4-22-12-10(14)5-9(6-11(12)21-2)7-16-18-13-19-17-8-20(13)15/h5-8H,3-4,15H2,1-2H3,(H,18,19)/b16-7+. The van der Waals surface area contributed by atoms with Gasteiger partial charge in [-0.15, -0.1) is 10.2 Å². The molecule has 1 aromatic heterocycles. The average Bonchev–Trinajstić information content (AvgIpc) is 2.91. The van der Waals surface area contributed by atoms with E-state index in [0.29, 0.717) is 24.1 Å². The third-order valence-corrected chi connectivity index (χ3v) is 3.24. The van der Waals surface area contributed by atoms with Crippen LogP contribution in [0.3, 0.4) is 0 Å². The lowest BCUT2D eigenvalue weighted by molar-refractivity contribution is 0.292. The van der Waals surface area contributed by atoms with Crippen LogP contribution in [0.15, 0.2) is 28.0 Å². The van der Waals surface area contributed by atoms with Crippen LogP contribution in [0.5, 0.6) is 11.5 Å². The third-order valence-electron chi connectivity index (χ3n) is 2.65. The second kappa shape index (κ2) is 7.64. The van der Waals surface area contributed by atoms with Gasteiger partial charge < -0.3 is 15.3 Å². The van der Waals surface area contributed by atoms with E-state index < -0.39 is 0 Å². The number of hydrogen-bond donors (Lipinski definition) is 2. The van der Waals surface area contributed by atoms with Crippen molar-refractivity contribution in [1.82, 2.24) is 14.9 Å². The number of nitrogens with one attached hydrogen (secondary N) is 1. The first kappa shape index (κ1) is 16.1. The molecule has 2 aromatic rings. The summed E-state index contributed by atoms with van der Waals surface area (Å²) in [7, 11) is 1.59. The van der Waals surface area contributed by atoms with Gasteiger partial charge in [0.2, 0.25) is 0 Å². The minimum Gasteiger partial charge on any atom is -0.493 e. The Morgan fingerprint density at radius 1 is 1.50 bits per heavy atom. The van der Waals surface area contributed by atoms with Crippen LogP contribution in [0.4, 0.5) is 5.95 Å². The zero-order valence-corrected chi connectivity index (χ0v) is 13.9. The van der Waals surface area contributed by atoms with Gasteiger partial charge in [0.25, 0.3) is 5.95 Å². The quantitative estimate of drug-likeness (QED) is 0.440. The number of benzene rings is 1. The number of hydrazone groups is 1. The molecule has 0 saturated carbocycles. The summed E-state index contributed by atoms with van der Waals surface area (Å²) in [5.74, 6) is 7.21. The summed E-state index contributed by atoms with van der Waals surface area (Å²) >= 11 is 3.48. The Labute approximate surface area is 136 Å². The van der Waals surface area contributed by atoms with Crippen LogP contribution < -0.4 is 20.7 Å². The zero-order valence-electron chi connectivity index (χ0n) is 12.3. The van der Waals surface area contributed by atoms with Crippen molar-refractivity contribution in [3.8, 4) is 11.5 Å². The number of nitrogens with zero attached hydrogens (tertiary/aromatic N) is 4. The highest BCUT2D eigenvalue weighted by molar-refractivity contribution is 9.10. The number of hydrogen-bond acceptors (Lipinski definition) is 7. The van der Waals surface area contributed by atoms with Crippen molar-refractivity contribution in [3.05, 3.63) is 28.5 Å². The summed E-state index contributed by atoms with van der Waals surface area (Å²) in [4.78, 5) is 0. The first-order valence-corrected chi connectivity index (χ1v) is 7.39. The van der Waals surface area contributed by atoms with Crippen LogP contribution in [0.25, 0.3) is 0 Å². The molecule has 0 atom stereocenters. The average molecular weight is 369 g/mol. The molecule has 118 valence electrons. The van der Waals surface area contributed by atoms with Gasteiger partial charge in [-0.3, -0.25) is 0 Å². The molecule has 22 heavy (non-hydrogen) atoms. The van der Waals surface area contributed by atoms with Gasteiger partial charge in [-0.05, 0) is 40.0 Å². The Morgan fingerprint density at radius 3 is 2.95 bits per heavy atom. The van der Waals surface area contributed by atoms with E-state index >= 15 is 0 Å². The number of methoxy groups -OCH3 is 1. The van der Waals surface area contributed by atoms with Crippen LogP contribution in [0.2, 0.25) is 0 Å². The van der Waals surface area contributed by atoms with Gasteiger partial charge in [0.1, 0.15) is 6.33 Å². The lowest BCUT2D eigenvalue weighted by Crippen LogP contribution is -2.10. The summed E-state index contributed by atoms with van der Waals surface area (Å²) in [6.45, 7) is 2.67. The lowest BCUT2D eigenvalue weighted by Gasteiger charge is -2.12. The Hall–Kier alpha value is -2.29. The number of anilines is 1. The minimum absolute atomic E-state index is 0.338. The molecular weight excluding hydrogens is 352 g/mol. The van der Waals surface area contributed by atoms with E-state index in [4.69, 9.17) is 15.3 Å². The number of nitrogens with two attached hydrogens (primary N) is 1. The van der Waals surface area contributed by atoms with Crippen LogP contribution >= 0.6 is 15.9 Å². The van der Waals surface area contributed by atoms with E-state index in [1.54, 1.807) is 13.3 Å². The smallest absolute Gasteiger partial charge is 0.263 e. The molecule has 8 nitrogen and oxygen atoms in total. The van der Waals surface area contributed by atoms with Crippen molar-refractivity contribution in [2.24, 2.45) is 5.10 Å². The number of nitrogen functional groups attached to an aromatic ring is 1. The molecule has 0 aliphatic heterocycles. The van der Waals surface area contributed by atoms with E-state index in [2.05, 4.69) is 36.7 Å². The highest BCUT2D eigenvalue weighted by Crippen LogP contribution is 2.36. The van der Waals surface area contributed by atoms with E-state index in [0.717, 1.165) is 16.5 Å². The van der Waals surface area contributed by atoms with E-state index in [1.165, 1.54) is 11.0 Å². The fourth-order valence-electron chi connectivity index (χ4n) is 1.65. The van der Waals surface area contributed by atoms with Gasteiger partial charge in [-0.1, -0.05) is 6.92 Å². The summed E-state index contributed by atoms with van der Waals surface area (Å²) < 4.78 is 13.1. The van der Waals surface area contributed by atoms with Gasteiger partial charge >= 0.3 is 0 Å². The van der Waals surface area contributed by atoms with Gasteiger partial charge in [-0.25, -0.2) is 10.1 Å². The predicted octanol–water partition coefficient (Wildman–Crippen LogP) is 2.00. The molecule has 1 heterocycles. The Morgan fingerprint density at radius 2 is 2.32 bits per heavy atom. The number of ether oxygens (including phenoxy) is 2. The van der Waals surface area contributed by atoms with Gasteiger partial charge in [0, 0.05) is 0 Å².